The van der Waals surface area contributed by atoms with E-state index in [0.29, 0.717) is 30.2 Å². The first kappa shape index (κ1) is 22.4. The minimum absolute atomic E-state index is 0.225. The van der Waals surface area contributed by atoms with E-state index in [1.807, 2.05) is 48.5 Å². The van der Waals surface area contributed by atoms with Gasteiger partial charge < -0.3 is 14.7 Å². The molecule has 0 fully saturated rings. The van der Waals surface area contributed by atoms with Crippen LogP contribution < -0.4 is 9.47 Å². The number of rotatable bonds is 9. The number of hydroxylamine groups is 2. The maximum Gasteiger partial charge on any atom is 0.160 e. The third-order valence-corrected chi connectivity index (χ3v) is 6.17. The lowest BCUT2D eigenvalue weighted by atomic mass is 9.87. The summed E-state index contributed by atoms with van der Waals surface area (Å²) in [6, 6.07) is 14.9. The summed E-state index contributed by atoms with van der Waals surface area (Å²) >= 11 is 0. The highest BCUT2D eigenvalue weighted by atomic mass is 32.2. The molecule has 2 aromatic carbocycles. The summed E-state index contributed by atoms with van der Waals surface area (Å²) in [5, 5.41) is 12.1. The van der Waals surface area contributed by atoms with Crippen molar-refractivity contribution >= 4 is 10.8 Å². The lowest BCUT2D eigenvalue weighted by Crippen LogP contribution is -2.46. The van der Waals surface area contributed by atoms with Gasteiger partial charge in [0.05, 0.1) is 31.1 Å². The van der Waals surface area contributed by atoms with Crippen LogP contribution in [0.3, 0.4) is 0 Å². The zero-order valence-electron chi connectivity index (χ0n) is 17.3. The molecule has 28 heavy (non-hydrogen) atoms. The monoisotopic (exact) mass is 405 g/mol. The number of ether oxygens (including phenoxy) is 2. The summed E-state index contributed by atoms with van der Waals surface area (Å²) in [4.78, 5) is 0.782. The molecule has 2 rings (SSSR count). The first-order valence-corrected chi connectivity index (χ1v) is 10.7. The van der Waals surface area contributed by atoms with Crippen LogP contribution in [-0.4, -0.2) is 47.0 Å². The van der Waals surface area contributed by atoms with E-state index in [1.54, 1.807) is 14.2 Å². The fraction of sp³-hybridized carbons (Fsp3) is 0.455. The second-order valence-corrected chi connectivity index (χ2v) is 9.31. The Hall–Kier alpha value is -1.89. The quantitative estimate of drug-likeness (QED) is 0.635. The first-order valence-electron chi connectivity index (χ1n) is 9.36. The van der Waals surface area contributed by atoms with E-state index in [4.69, 9.17) is 9.47 Å². The van der Waals surface area contributed by atoms with Gasteiger partial charge in [-0.15, -0.1) is 0 Å². The highest BCUT2D eigenvalue weighted by Crippen LogP contribution is 2.29. The molecule has 0 bridgehead atoms. The number of methoxy groups -OCH3 is 2. The normalized spacial score (nSPS) is 14.0. The summed E-state index contributed by atoms with van der Waals surface area (Å²) in [5.41, 5.74) is 0.810. The lowest BCUT2D eigenvalue weighted by Gasteiger charge is -2.36. The van der Waals surface area contributed by atoms with Crippen LogP contribution in [0.2, 0.25) is 0 Å². The van der Waals surface area contributed by atoms with Crippen LogP contribution in [0, 0.1) is 5.41 Å². The molecule has 0 saturated carbocycles. The van der Waals surface area contributed by atoms with Gasteiger partial charge in [0.25, 0.3) is 0 Å². The molecular formula is C22H31NO4S. The van der Waals surface area contributed by atoms with Crippen LogP contribution in [0.5, 0.6) is 11.5 Å². The molecule has 0 aliphatic heterocycles. The van der Waals surface area contributed by atoms with Gasteiger partial charge in [0.15, 0.2) is 11.5 Å². The third kappa shape index (κ3) is 6.06. The van der Waals surface area contributed by atoms with Gasteiger partial charge in [-0.25, -0.2) is 0 Å². The minimum Gasteiger partial charge on any atom is -0.493 e. The zero-order chi connectivity index (χ0) is 20.7. The molecule has 0 aliphatic carbocycles. The fourth-order valence-electron chi connectivity index (χ4n) is 3.03. The number of nitrogens with zero attached hydrogens (tertiary/aromatic N) is 1. The van der Waals surface area contributed by atoms with Crippen molar-refractivity contribution in [3.63, 3.8) is 0 Å². The molecule has 0 aromatic heterocycles. The molecule has 0 heterocycles. The van der Waals surface area contributed by atoms with E-state index in [-0.39, 0.29) is 11.5 Å². The number of hydrogen-bond donors (Lipinski definition) is 1. The predicted molar refractivity (Wildman–Crippen MR) is 113 cm³/mol. The van der Waals surface area contributed by atoms with Crippen molar-refractivity contribution < 1.29 is 18.9 Å². The molecule has 5 nitrogen and oxygen atoms in total. The standard InChI is InChI=1S/C22H31NO4S/c1-22(2,3)21(16-28(25)18-9-7-6-8-10-18)23(24)14-13-17-11-12-19(26-4)20(15-17)27-5/h6-12,15,21,24H,13-14,16H2,1-5H3/t21-,28-/m1/s1. The smallest absolute Gasteiger partial charge is 0.160 e. The molecule has 0 amide bonds. The van der Waals surface area contributed by atoms with Crippen molar-refractivity contribution in [2.45, 2.75) is 38.1 Å². The largest absolute Gasteiger partial charge is 0.493 e. The van der Waals surface area contributed by atoms with Gasteiger partial charge in [-0.1, -0.05) is 45.0 Å². The van der Waals surface area contributed by atoms with Gasteiger partial charge >= 0.3 is 0 Å². The zero-order valence-corrected chi connectivity index (χ0v) is 18.2. The van der Waals surface area contributed by atoms with E-state index >= 15 is 0 Å². The molecule has 2 atom stereocenters. The van der Waals surface area contributed by atoms with Crippen LogP contribution >= 0.6 is 0 Å². The van der Waals surface area contributed by atoms with Crippen LogP contribution in [0.1, 0.15) is 26.3 Å². The average Bonchev–Trinajstić information content (AvgIpc) is 2.69. The van der Waals surface area contributed by atoms with Crippen molar-refractivity contribution in [2.75, 3.05) is 26.5 Å². The van der Waals surface area contributed by atoms with Crippen LogP contribution in [0.4, 0.5) is 0 Å². The molecule has 2 aromatic rings. The van der Waals surface area contributed by atoms with Gasteiger partial charge in [0, 0.05) is 17.2 Å². The summed E-state index contributed by atoms with van der Waals surface area (Å²) in [6.07, 6.45) is 0.640. The Morgan fingerprint density at radius 3 is 2.25 bits per heavy atom. The van der Waals surface area contributed by atoms with Crippen LogP contribution in [0.25, 0.3) is 0 Å². The van der Waals surface area contributed by atoms with E-state index in [0.717, 1.165) is 10.5 Å². The maximum atomic E-state index is 12.8. The van der Waals surface area contributed by atoms with E-state index in [1.165, 1.54) is 5.06 Å². The van der Waals surface area contributed by atoms with Crippen molar-refractivity contribution in [2.24, 2.45) is 5.41 Å². The molecule has 0 spiro atoms. The Morgan fingerprint density at radius 2 is 1.68 bits per heavy atom. The molecule has 0 unspecified atom stereocenters. The van der Waals surface area contributed by atoms with Gasteiger partial charge in [0.1, 0.15) is 0 Å². The SMILES string of the molecule is COc1ccc(CCN(O)[C@H](C[S@@](=O)c2ccccc2)C(C)(C)C)cc1OC. The Labute approximate surface area is 170 Å². The molecule has 0 radical (unpaired) electrons. The van der Waals surface area contributed by atoms with Crippen LogP contribution in [-0.2, 0) is 17.2 Å². The second kappa shape index (κ2) is 10.0. The number of benzene rings is 2. The van der Waals surface area contributed by atoms with E-state index in [2.05, 4.69) is 20.8 Å². The molecule has 6 heteroatoms. The lowest BCUT2D eigenvalue weighted by molar-refractivity contribution is -0.145. The molecule has 1 N–H and O–H groups in total. The Morgan fingerprint density at radius 1 is 1.04 bits per heavy atom. The van der Waals surface area contributed by atoms with Crippen molar-refractivity contribution in [3.05, 3.63) is 54.1 Å². The minimum atomic E-state index is -1.18. The van der Waals surface area contributed by atoms with Crippen molar-refractivity contribution in [1.29, 1.82) is 0 Å². The molecule has 154 valence electrons. The van der Waals surface area contributed by atoms with E-state index in [9.17, 15) is 9.42 Å². The average molecular weight is 406 g/mol. The molecule has 0 aliphatic rings. The maximum absolute atomic E-state index is 12.8. The van der Waals surface area contributed by atoms with Crippen molar-refractivity contribution in [3.8, 4) is 11.5 Å². The van der Waals surface area contributed by atoms with Gasteiger partial charge in [-0.05, 0) is 41.7 Å². The van der Waals surface area contributed by atoms with Crippen LogP contribution in [0.15, 0.2) is 53.4 Å². The number of hydrogen-bond acceptors (Lipinski definition) is 5. The van der Waals surface area contributed by atoms with Gasteiger partial charge in [-0.3, -0.25) is 4.21 Å². The highest BCUT2D eigenvalue weighted by molar-refractivity contribution is 7.85. The van der Waals surface area contributed by atoms with Gasteiger partial charge in [-0.2, -0.15) is 5.06 Å². The Bertz CT molecular complexity index is 774. The van der Waals surface area contributed by atoms with Gasteiger partial charge in [0.2, 0.25) is 0 Å². The summed E-state index contributed by atoms with van der Waals surface area (Å²) in [5.74, 6) is 1.72. The Balaban J connectivity index is 2.07. The fourth-order valence-corrected chi connectivity index (χ4v) is 4.64. The summed E-state index contributed by atoms with van der Waals surface area (Å²) in [6.45, 7) is 6.60. The van der Waals surface area contributed by atoms with E-state index < -0.39 is 10.8 Å². The molecule has 0 saturated heterocycles. The topological polar surface area (TPSA) is 59.0 Å². The predicted octanol–water partition coefficient (Wildman–Crippen LogP) is 4.16. The second-order valence-electron chi connectivity index (χ2n) is 7.81. The van der Waals surface area contributed by atoms with Crippen molar-refractivity contribution in [1.82, 2.24) is 5.06 Å². The third-order valence-electron chi connectivity index (χ3n) is 4.75. The summed E-state index contributed by atoms with van der Waals surface area (Å²) < 4.78 is 23.4. The first-order chi connectivity index (χ1) is 13.3. The highest BCUT2D eigenvalue weighted by Gasteiger charge is 2.31. The summed E-state index contributed by atoms with van der Waals surface area (Å²) in [7, 11) is 2.03. The molecular weight excluding hydrogens is 374 g/mol. The Kier molecular flexibility index (Phi) is 8.04.